The van der Waals surface area contributed by atoms with E-state index in [1.165, 1.54) is 31.4 Å². The third kappa shape index (κ3) is 3.06. The van der Waals surface area contributed by atoms with Crippen molar-refractivity contribution in [2.75, 3.05) is 0 Å². The Morgan fingerprint density at radius 3 is 2.23 bits per heavy atom. The molecule has 1 aliphatic rings. The minimum absolute atomic E-state index is 0.614. The summed E-state index contributed by atoms with van der Waals surface area (Å²) in [7, 11) is 0. The van der Waals surface area contributed by atoms with Crippen LogP contribution in [0.1, 0.15) is 53.4 Å². The summed E-state index contributed by atoms with van der Waals surface area (Å²) >= 11 is 0. The van der Waals surface area contributed by atoms with Gasteiger partial charge < -0.3 is 5.32 Å². The van der Waals surface area contributed by atoms with Crippen LogP contribution in [0.3, 0.4) is 0 Å². The first-order chi connectivity index (χ1) is 6.11. The van der Waals surface area contributed by atoms with Crippen molar-refractivity contribution >= 4 is 0 Å². The fourth-order valence-electron chi connectivity index (χ4n) is 1.69. The Hall–Kier alpha value is -0.460. The van der Waals surface area contributed by atoms with Crippen molar-refractivity contribution in [2.24, 2.45) is 5.92 Å². The molecule has 1 nitrogen and oxygen atoms in total. The molecule has 13 heavy (non-hydrogen) atoms. The lowest BCUT2D eigenvalue weighted by molar-refractivity contribution is 0.443. The molecule has 1 rings (SSSR count). The predicted molar refractivity (Wildman–Crippen MR) is 58.6 cm³/mol. The van der Waals surface area contributed by atoms with Crippen LogP contribution in [0.25, 0.3) is 0 Å². The number of hydrogen-bond acceptors (Lipinski definition) is 1. The van der Waals surface area contributed by atoms with Gasteiger partial charge in [0.05, 0.1) is 0 Å². The lowest BCUT2D eigenvalue weighted by atomic mass is 9.96. The van der Waals surface area contributed by atoms with Crippen LogP contribution in [0, 0.1) is 5.92 Å². The first-order valence-corrected chi connectivity index (χ1v) is 5.56. The lowest BCUT2D eigenvalue weighted by Gasteiger charge is -2.25. The van der Waals surface area contributed by atoms with Crippen molar-refractivity contribution in [3.8, 4) is 0 Å². The maximum absolute atomic E-state index is 3.65. The molecule has 0 saturated carbocycles. The molecule has 0 aromatic heterocycles. The van der Waals surface area contributed by atoms with E-state index in [1.807, 2.05) is 0 Å². The van der Waals surface area contributed by atoms with Gasteiger partial charge in [0.2, 0.25) is 0 Å². The highest BCUT2D eigenvalue weighted by Crippen LogP contribution is 2.23. The van der Waals surface area contributed by atoms with E-state index in [2.05, 4.69) is 33.0 Å². The van der Waals surface area contributed by atoms with Gasteiger partial charge in [-0.2, -0.15) is 0 Å². The highest BCUT2D eigenvalue weighted by Gasteiger charge is 2.12. The summed E-state index contributed by atoms with van der Waals surface area (Å²) in [5, 5.41) is 3.65. The summed E-state index contributed by atoms with van der Waals surface area (Å²) in [5.74, 6) is 0.724. The standard InChI is InChI=1S/C12H23N/c1-9(2)11(4)13-12-8-6-5-7-10(12)3/h9,11,13H,5-8H2,1-4H3/t11-/m0/s1. The largest absolute Gasteiger partial charge is 0.386 e. The Balaban J connectivity index is 2.51. The van der Waals surface area contributed by atoms with Gasteiger partial charge >= 0.3 is 0 Å². The second kappa shape index (κ2) is 4.69. The molecule has 1 aliphatic carbocycles. The SMILES string of the molecule is CC1=C(N[C@@H](C)C(C)C)CCCC1. The van der Waals surface area contributed by atoms with E-state index in [0.29, 0.717) is 6.04 Å². The first-order valence-electron chi connectivity index (χ1n) is 5.56. The minimum Gasteiger partial charge on any atom is -0.386 e. The molecule has 0 saturated heterocycles. The van der Waals surface area contributed by atoms with Gasteiger partial charge in [-0.3, -0.25) is 0 Å². The zero-order valence-corrected chi connectivity index (χ0v) is 9.48. The zero-order valence-electron chi connectivity index (χ0n) is 9.48. The topological polar surface area (TPSA) is 12.0 Å². The molecule has 1 atom stereocenters. The fourth-order valence-corrected chi connectivity index (χ4v) is 1.69. The normalized spacial score (nSPS) is 20.7. The second-order valence-corrected chi connectivity index (χ2v) is 4.64. The van der Waals surface area contributed by atoms with Crippen LogP contribution in [0.4, 0.5) is 0 Å². The second-order valence-electron chi connectivity index (χ2n) is 4.64. The number of allylic oxidation sites excluding steroid dienone is 2. The maximum atomic E-state index is 3.65. The fraction of sp³-hybridized carbons (Fsp3) is 0.833. The predicted octanol–water partition coefficient (Wildman–Crippen LogP) is 3.47. The molecule has 0 amide bonds. The van der Waals surface area contributed by atoms with Crippen LogP contribution >= 0.6 is 0 Å². The Morgan fingerprint density at radius 1 is 1.08 bits per heavy atom. The highest BCUT2D eigenvalue weighted by atomic mass is 14.9. The molecule has 1 N–H and O–H groups in total. The van der Waals surface area contributed by atoms with Crippen LogP contribution in [-0.2, 0) is 0 Å². The van der Waals surface area contributed by atoms with Gasteiger partial charge in [-0.15, -0.1) is 0 Å². The van der Waals surface area contributed by atoms with Crippen molar-refractivity contribution in [3.63, 3.8) is 0 Å². The Kier molecular flexibility index (Phi) is 3.83. The summed E-state index contributed by atoms with van der Waals surface area (Å²) in [4.78, 5) is 0. The smallest absolute Gasteiger partial charge is 0.0252 e. The lowest BCUT2D eigenvalue weighted by Crippen LogP contribution is -2.31. The third-order valence-corrected chi connectivity index (χ3v) is 3.15. The molecule has 0 radical (unpaired) electrons. The summed E-state index contributed by atoms with van der Waals surface area (Å²) in [6.07, 6.45) is 5.31. The van der Waals surface area contributed by atoms with Crippen LogP contribution in [-0.4, -0.2) is 6.04 Å². The van der Waals surface area contributed by atoms with E-state index < -0.39 is 0 Å². The molecular formula is C12H23N. The van der Waals surface area contributed by atoms with Crippen LogP contribution in [0.2, 0.25) is 0 Å². The monoisotopic (exact) mass is 181 g/mol. The Bertz CT molecular complexity index is 191. The van der Waals surface area contributed by atoms with Crippen molar-refractivity contribution in [1.82, 2.24) is 5.32 Å². The first kappa shape index (κ1) is 10.6. The molecule has 0 bridgehead atoms. The molecule has 76 valence electrons. The maximum Gasteiger partial charge on any atom is 0.0252 e. The zero-order chi connectivity index (χ0) is 9.84. The summed E-state index contributed by atoms with van der Waals surface area (Å²) in [6.45, 7) is 9.10. The molecule has 0 heterocycles. The van der Waals surface area contributed by atoms with Crippen LogP contribution in [0.15, 0.2) is 11.3 Å². The van der Waals surface area contributed by atoms with Gasteiger partial charge in [-0.1, -0.05) is 19.4 Å². The minimum atomic E-state index is 0.614. The van der Waals surface area contributed by atoms with E-state index in [1.54, 1.807) is 5.57 Å². The molecule has 1 heteroatoms. The van der Waals surface area contributed by atoms with E-state index in [-0.39, 0.29) is 0 Å². The van der Waals surface area contributed by atoms with Crippen molar-refractivity contribution in [2.45, 2.75) is 59.4 Å². The van der Waals surface area contributed by atoms with Crippen molar-refractivity contribution < 1.29 is 0 Å². The number of rotatable bonds is 3. The van der Waals surface area contributed by atoms with Crippen molar-refractivity contribution in [1.29, 1.82) is 0 Å². The number of hydrogen-bond donors (Lipinski definition) is 1. The van der Waals surface area contributed by atoms with E-state index in [9.17, 15) is 0 Å². The summed E-state index contributed by atoms with van der Waals surface area (Å²) < 4.78 is 0. The van der Waals surface area contributed by atoms with Gasteiger partial charge in [0.1, 0.15) is 0 Å². The Morgan fingerprint density at radius 2 is 1.69 bits per heavy atom. The van der Waals surface area contributed by atoms with Gasteiger partial charge in [-0.05, 0) is 45.4 Å². The molecule has 0 aromatic rings. The molecule has 0 fully saturated rings. The van der Waals surface area contributed by atoms with Crippen molar-refractivity contribution in [3.05, 3.63) is 11.3 Å². The quantitative estimate of drug-likeness (QED) is 0.703. The average molecular weight is 181 g/mol. The molecule has 0 spiro atoms. The van der Waals surface area contributed by atoms with Gasteiger partial charge in [-0.25, -0.2) is 0 Å². The number of nitrogens with one attached hydrogen (secondary N) is 1. The molecule has 0 aliphatic heterocycles. The third-order valence-electron chi connectivity index (χ3n) is 3.15. The Labute approximate surface area is 82.6 Å². The highest BCUT2D eigenvalue weighted by molar-refractivity contribution is 5.13. The molecular weight excluding hydrogens is 158 g/mol. The molecule has 0 unspecified atom stereocenters. The average Bonchev–Trinajstić information content (AvgIpc) is 2.08. The van der Waals surface area contributed by atoms with E-state index in [4.69, 9.17) is 0 Å². The van der Waals surface area contributed by atoms with Gasteiger partial charge in [0.15, 0.2) is 0 Å². The summed E-state index contributed by atoms with van der Waals surface area (Å²) in [5.41, 5.74) is 3.10. The van der Waals surface area contributed by atoms with Crippen LogP contribution in [0.5, 0.6) is 0 Å². The van der Waals surface area contributed by atoms with E-state index in [0.717, 1.165) is 5.92 Å². The molecule has 0 aromatic carbocycles. The van der Waals surface area contributed by atoms with Gasteiger partial charge in [0.25, 0.3) is 0 Å². The van der Waals surface area contributed by atoms with E-state index >= 15 is 0 Å². The van der Waals surface area contributed by atoms with Gasteiger partial charge in [0, 0.05) is 11.7 Å². The van der Waals surface area contributed by atoms with Crippen LogP contribution < -0.4 is 5.32 Å². The summed E-state index contributed by atoms with van der Waals surface area (Å²) in [6, 6.07) is 0.614.